The van der Waals surface area contributed by atoms with E-state index in [9.17, 15) is 9.18 Å². The van der Waals surface area contributed by atoms with Crippen molar-refractivity contribution in [3.63, 3.8) is 0 Å². The lowest BCUT2D eigenvalue weighted by Crippen LogP contribution is -2.34. The number of carbonyl (C=O) groups excluding carboxylic acids is 1. The lowest BCUT2D eigenvalue weighted by molar-refractivity contribution is 0.0974. The first-order chi connectivity index (χ1) is 13.1. The van der Waals surface area contributed by atoms with E-state index in [4.69, 9.17) is 12.2 Å². The molecule has 2 N–H and O–H groups in total. The zero-order valence-electron chi connectivity index (χ0n) is 13.6. The Bertz CT molecular complexity index is 1130. The maximum absolute atomic E-state index is 13.7. The van der Waals surface area contributed by atoms with Crippen molar-refractivity contribution in [3.05, 3.63) is 66.2 Å². The van der Waals surface area contributed by atoms with Gasteiger partial charge in [-0.2, -0.15) is 9.61 Å². The maximum Gasteiger partial charge on any atom is 0.260 e. The van der Waals surface area contributed by atoms with Gasteiger partial charge in [-0.15, -0.1) is 10.2 Å². The van der Waals surface area contributed by atoms with Gasteiger partial charge in [-0.25, -0.2) is 4.39 Å². The zero-order chi connectivity index (χ0) is 18.8. The highest BCUT2D eigenvalue weighted by Gasteiger charge is 2.13. The van der Waals surface area contributed by atoms with Crippen LogP contribution in [-0.4, -0.2) is 30.8 Å². The Morgan fingerprint density at radius 2 is 2.04 bits per heavy atom. The number of thiocarbonyl (C=S) groups is 1. The van der Waals surface area contributed by atoms with Gasteiger partial charge < -0.3 is 5.32 Å². The number of amides is 1. The smallest absolute Gasteiger partial charge is 0.260 e. The molecule has 7 nitrogen and oxygen atoms in total. The summed E-state index contributed by atoms with van der Waals surface area (Å²) in [4.78, 5) is 12.8. The highest BCUT2D eigenvalue weighted by Crippen LogP contribution is 2.26. The van der Waals surface area contributed by atoms with Crippen LogP contribution in [0.25, 0.3) is 15.5 Å². The van der Waals surface area contributed by atoms with E-state index in [1.54, 1.807) is 16.6 Å². The molecule has 0 saturated heterocycles. The van der Waals surface area contributed by atoms with Gasteiger partial charge in [0, 0.05) is 11.3 Å². The van der Waals surface area contributed by atoms with E-state index in [1.165, 1.54) is 35.9 Å². The summed E-state index contributed by atoms with van der Waals surface area (Å²) in [7, 11) is 0. The molecule has 2 aromatic carbocycles. The lowest BCUT2D eigenvalue weighted by Gasteiger charge is -2.10. The van der Waals surface area contributed by atoms with E-state index in [-0.39, 0.29) is 10.7 Å². The van der Waals surface area contributed by atoms with E-state index in [0.29, 0.717) is 10.6 Å². The number of carbonyl (C=O) groups is 1. The molecule has 0 bridgehead atoms. The predicted molar refractivity (Wildman–Crippen MR) is 104 cm³/mol. The van der Waals surface area contributed by atoms with Crippen LogP contribution in [0.3, 0.4) is 0 Å². The molecule has 0 aliphatic rings. The molecule has 2 aromatic heterocycles. The van der Waals surface area contributed by atoms with Crippen LogP contribution in [0, 0.1) is 5.82 Å². The fourth-order valence-electron chi connectivity index (χ4n) is 2.38. The van der Waals surface area contributed by atoms with Crippen LogP contribution in [-0.2, 0) is 0 Å². The normalized spacial score (nSPS) is 10.7. The molecule has 1 amide bonds. The van der Waals surface area contributed by atoms with E-state index in [1.807, 2.05) is 18.2 Å². The average molecular weight is 398 g/mol. The third-order valence-corrected chi connectivity index (χ3v) is 4.77. The average Bonchev–Trinajstić information content (AvgIpc) is 3.24. The van der Waals surface area contributed by atoms with Gasteiger partial charge in [-0.1, -0.05) is 35.6 Å². The van der Waals surface area contributed by atoms with Gasteiger partial charge in [0.1, 0.15) is 17.2 Å². The molecule has 4 aromatic rings. The second-order valence-corrected chi connectivity index (χ2v) is 6.80. The number of benzene rings is 2. The zero-order valence-corrected chi connectivity index (χ0v) is 15.2. The summed E-state index contributed by atoms with van der Waals surface area (Å²) >= 11 is 6.55. The summed E-state index contributed by atoms with van der Waals surface area (Å²) in [6.07, 6.45) is 1.53. The van der Waals surface area contributed by atoms with Gasteiger partial charge >= 0.3 is 0 Å². The van der Waals surface area contributed by atoms with Crippen LogP contribution in [0.5, 0.6) is 0 Å². The Kier molecular flexibility index (Phi) is 4.57. The summed E-state index contributed by atoms with van der Waals surface area (Å²) < 4.78 is 15.3. The van der Waals surface area contributed by atoms with E-state index in [0.717, 1.165) is 10.6 Å². The number of hydrogen-bond donors (Lipinski definition) is 2. The minimum atomic E-state index is -0.615. The fourth-order valence-corrected chi connectivity index (χ4v) is 3.41. The summed E-state index contributed by atoms with van der Waals surface area (Å²) in [5.41, 5.74) is 1.45. The lowest BCUT2D eigenvalue weighted by atomic mass is 10.2. The number of aromatic nitrogens is 4. The third-order valence-electron chi connectivity index (χ3n) is 3.60. The first-order valence-corrected chi connectivity index (χ1v) is 8.97. The van der Waals surface area contributed by atoms with Crippen LogP contribution in [0.4, 0.5) is 10.1 Å². The Morgan fingerprint density at radius 1 is 1.19 bits per heavy atom. The topological polar surface area (TPSA) is 84.2 Å². The van der Waals surface area contributed by atoms with Gasteiger partial charge in [0.15, 0.2) is 5.11 Å². The fraction of sp³-hybridized carbons (Fsp3) is 0. The molecular weight excluding hydrogens is 387 g/mol. The standard InChI is InChI=1S/C17H11FN6OS2/c18-13-7-2-1-6-12(13)14(25)21-16(26)20-11-5-3-4-10(8-11)15-23-24-9-19-22-17(24)27-15/h1-9H,(H2,20,21,25,26). The third kappa shape index (κ3) is 3.66. The Labute approximate surface area is 161 Å². The summed E-state index contributed by atoms with van der Waals surface area (Å²) in [5, 5.41) is 18.4. The van der Waals surface area contributed by atoms with E-state index < -0.39 is 11.7 Å². The molecular formula is C17H11FN6OS2. The van der Waals surface area contributed by atoms with Crippen molar-refractivity contribution in [1.29, 1.82) is 0 Å². The second kappa shape index (κ2) is 7.17. The van der Waals surface area contributed by atoms with Crippen LogP contribution in [0.2, 0.25) is 0 Å². The number of halogens is 1. The van der Waals surface area contributed by atoms with Crippen molar-refractivity contribution in [1.82, 2.24) is 25.1 Å². The van der Waals surface area contributed by atoms with Crippen LogP contribution in [0.15, 0.2) is 54.9 Å². The van der Waals surface area contributed by atoms with Gasteiger partial charge in [-0.3, -0.25) is 10.1 Å². The molecule has 0 saturated carbocycles. The SMILES string of the molecule is O=C(NC(=S)Nc1cccc(-c2nn3cnnc3s2)c1)c1ccccc1F. The molecule has 27 heavy (non-hydrogen) atoms. The minimum absolute atomic E-state index is 0.0681. The molecule has 2 heterocycles. The summed E-state index contributed by atoms with van der Waals surface area (Å²) in [5.74, 6) is -1.22. The largest absolute Gasteiger partial charge is 0.332 e. The molecule has 0 atom stereocenters. The number of anilines is 1. The van der Waals surface area contributed by atoms with Gasteiger partial charge in [0.2, 0.25) is 4.96 Å². The summed E-state index contributed by atoms with van der Waals surface area (Å²) in [6.45, 7) is 0. The second-order valence-electron chi connectivity index (χ2n) is 5.43. The Morgan fingerprint density at radius 3 is 2.85 bits per heavy atom. The van der Waals surface area contributed by atoms with Gasteiger partial charge in [0.05, 0.1) is 5.56 Å². The van der Waals surface area contributed by atoms with Crippen molar-refractivity contribution in [2.75, 3.05) is 5.32 Å². The summed E-state index contributed by atoms with van der Waals surface area (Å²) in [6, 6.07) is 13.1. The van der Waals surface area contributed by atoms with Crippen molar-refractivity contribution >= 4 is 45.2 Å². The molecule has 134 valence electrons. The first-order valence-electron chi connectivity index (χ1n) is 7.74. The molecule has 0 aliphatic carbocycles. The number of nitrogens with one attached hydrogen (secondary N) is 2. The van der Waals surface area contributed by atoms with Crippen LogP contribution < -0.4 is 10.6 Å². The molecule has 0 aliphatic heterocycles. The van der Waals surface area contributed by atoms with E-state index >= 15 is 0 Å². The quantitative estimate of drug-likeness (QED) is 0.516. The van der Waals surface area contributed by atoms with Crippen molar-refractivity contribution in [2.24, 2.45) is 0 Å². The monoisotopic (exact) mass is 398 g/mol. The maximum atomic E-state index is 13.7. The van der Waals surface area contributed by atoms with Gasteiger partial charge in [-0.05, 0) is 36.5 Å². The van der Waals surface area contributed by atoms with Crippen molar-refractivity contribution in [2.45, 2.75) is 0 Å². The van der Waals surface area contributed by atoms with E-state index in [2.05, 4.69) is 25.9 Å². The number of fused-ring (bicyclic) bond motifs is 1. The first kappa shape index (κ1) is 17.2. The predicted octanol–water partition coefficient (Wildman–Crippen LogP) is 3.12. The van der Waals surface area contributed by atoms with Crippen LogP contribution >= 0.6 is 23.6 Å². The minimum Gasteiger partial charge on any atom is -0.332 e. The molecule has 0 unspecified atom stereocenters. The molecule has 4 rings (SSSR count). The molecule has 0 radical (unpaired) electrons. The Hall–Kier alpha value is -3.24. The molecule has 0 fully saturated rings. The number of rotatable bonds is 3. The van der Waals surface area contributed by atoms with Crippen molar-refractivity contribution in [3.8, 4) is 10.6 Å². The number of nitrogens with zero attached hydrogens (tertiary/aromatic N) is 4. The highest BCUT2D eigenvalue weighted by molar-refractivity contribution is 7.80. The van der Waals surface area contributed by atoms with Crippen molar-refractivity contribution < 1.29 is 9.18 Å². The molecule has 0 spiro atoms. The Balaban J connectivity index is 1.48. The number of hydrogen-bond acceptors (Lipinski definition) is 6. The molecule has 10 heteroatoms. The van der Waals surface area contributed by atoms with Gasteiger partial charge in [0.25, 0.3) is 5.91 Å². The highest BCUT2D eigenvalue weighted by atomic mass is 32.1. The van der Waals surface area contributed by atoms with Crippen LogP contribution in [0.1, 0.15) is 10.4 Å².